The van der Waals surface area contributed by atoms with Gasteiger partial charge in [-0.25, -0.2) is 0 Å². The Morgan fingerprint density at radius 2 is 1.31 bits per heavy atom. The molecule has 0 saturated heterocycles. The Morgan fingerprint density at radius 3 is 2.03 bits per heavy atom. The number of Topliss-reactive ketones (excluding diaryl/α,β-unsaturated/α-hetero) is 1. The normalized spacial score (nSPS) is 12.2. The van der Waals surface area contributed by atoms with E-state index < -0.39 is 0 Å². The van der Waals surface area contributed by atoms with Crippen LogP contribution in [0.25, 0.3) is 21.8 Å². The lowest BCUT2D eigenvalue weighted by Gasteiger charge is -2.17. The van der Waals surface area contributed by atoms with Crippen LogP contribution < -0.4 is 0 Å². The van der Waals surface area contributed by atoms with Crippen LogP contribution in [0.1, 0.15) is 39.6 Å². The number of rotatable bonds is 6. The van der Waals surface area contributed by atoms with Crippen LogP contribution in [-0.4, -0.2) is 15.8 Å². The van der Waals surface area contributed by atoms with Crippen LogP contribution in [0.5, 0.6) is 0 Å². The molecule has 0 aliphatic carbocycles. The molecule has 156 valence electrons. The summed E-state index contributed by atoms with van der Waals surface area (Å²) >= 11 is 0. The molecule has 3 aromatic carbocycles. The summed E-state index contributed by atoms with van der Waals surface area (Å²) in [5, 5.41) is 2.17. The Morgan fingerprint density at radius 1 is 0.719 bits per heavy atom. The zero-order chi connectivity index (χ0) is 21.9. The van der Waals surface area contributed by atoms with Crippen LogP contribution >= 0.6 is 0 Å². The first-order valence-electron chi connectivity index (χ1n) is 11.0. The number of aromatic nitrogens is 2. The van der Waals surface area contributed by atoms with E-state index in [1.165, 1.54) is 0 Å². The minimum Gasteiger partial charge on any atom is -0.294 e. The largest absolute Gasteiger partial charge is 0.294 e. The predicted octanol–water partition coefficient (Wildman–Crippen LogP) is 6.69. The topological polar surface area (TPSA) is 42.9 Å². The lowest BCUT2D eigenvalue weighted by Crippen LogP contribution is -2.11. The third kappa shape index (κ3) is 4.15. The summed E-state index contributed by atoms with van der Waals surface area (Å²) in [7, 11) is 0. The van der Waals surface area contributed by atoms with Gasteiger partial charge in [-0.05, 0) is 37.0 Å². The number of benzene rings is 3. The SMILES string of the molecule is Cc1ccc2ccc3ccc(CC(CC(=O)c4ccccc4)c4ccccc4)nc3c2n1. The third-order valence-corrected chi connectivity index (χ3v) is 5.97. The van der Waals surface area contributed by atoms with E-state index in [-0.39, 0.29) is 11.7 Å². The number of nitrogens with zero attached hydrogens (tertiary/aromatic N) is 2. The Balaban J connectivity index is 1.52. The van der Waals surface area contributed by atoms with Gasteiger partial charge >= 0.3 is 0 Å². The molecule has 1 unspecified atom stereocenters. The van der Waals surface area contributed by atoms with Crippen LogP contribution in [0.3, 0.4) is 0 Å². The zero-order valence-corrected chi connectivity index (χ0v) is 18.0. The molecule has 0 aliphatic heterocycles. The van der Waals surface area contributed by atoms with E-state index in [1.807, 2.05) is 61.5 Å². The summed E-state index contributed by atoms with van der Waals surface area (Å²) < 4.78 is 0. The fraction of sp³-hybridized carbons (Fsp3) is 0.138. The molecular weight excluding hydrogens is 392 g/mol. The highest BCUT2D eigenvalue weighted by molar-refractivity contribution is 6.02. The Bertz CT molecular complexity index is 1390. The van der Waals surface area contributed by atoms with Gasteiger partial charge in [0.05, 0.1) is 11.0 Å². The molecule has 5 rings (SSSR count). The fourth-order valence-electron chi connectivity index (χ4n) is 4.27. The molecule has 3 nitrogen and oxygen atoms in total. The maximum absolute atomic E-state index is 13.0. The predicted molar refractivity (Wildman–Crippen MR) is 130 cm³/mol. The molecule has 0 fully saturated rings. The number of hydrogen-bond donors (Lipinski definition) is 0. The minimum absolute atomic E-state index is 0.0542. The van der Waals surface area contributed by atoms with Crippen molar-refractivity contribution in [3.8, 4) is 0 Å². The van der Waals surface area contributed by atoms with Crippen molar-refractivity contribution in [3.05, 3.63) is 120 Å². The van der Waals surface area contributed by atoms with Crippen molar-refractivity contribution < 1.29 is 4.79 Å². The molecule has 1 atom stereocenters. The van der Waals surface area contributed by atoms with E-state index in [1.54, 1.807) is 0 Å². The molecule has 3 heteroatoms. The molecule has 0 amide bonds. The molecule has 0 aliphatic rings. The lowest BCUT2D eigenvalue weighted by molar-refractivity contribution is 0.0973. The van der Waals surface area contributed by atoms with E-state index in [0.717, 1.165) is 44.3 Å². The highest BCUT2D eigenvalue weighted by Crippen LogP contribution is 2.28. The lowest BCUT2D eigenvalue weighted by atomic mass is 9.87. The molecule has 5 aromatic rings. The third-order valence-electron chi connectivity index (χ3n) is 5.97. The average molecular weight is 417 g/mol. The quantitative estimate of drug-likeness (QED) is 0.229. The van der Waals surface area contributed by atoms with Crippen LogP contribution in [-0.2, 0) is 6.42 Å². The number of hydrogen-bond acceptors (Lipinski definition) is 3. The number of pyridine rings is 2. The molecule has 0 saturated carbocycles. The van der Waals surface area contributed by atoms with Crippen LogP contribution in [0, 0.1) is 6.92 Å². The van der Waals surface area contributed by atoms with Crippen LogP contribution in [0.15, 0.2) is 97.1 Å². The van der Waals surface area contributed by atoms with Crippen molar-refractivity contribution in [1.82, 2.24) is 9.97 Å². The highest BCUT2D eigenvalue weighted by Gasteiger charge is 2.19. The van der Waals surface area contributed by atoms with E-state index in [0.29, 0.717) is 12.8 Å². The van der Waals surface area contributed by atoms with Crippen LogP contribution in [0.4, 0.5) is 0 Å². The van der Waals surface area contributed by atoms with Crippen molar-refractivity contribution >= 4 is 27.6 Å². The molecule has 0 N–H and O–H groups in total. The molecular formula is C29H24N2O. The van der Waals surface area contributed by atoms with Crippen molar-refractivity contribution in [2.75, 3.05) is 0 Å². The first-order chi connectivity index (χ1) is 15.7. The Labute approximate surface area is 187 Å². The maximum atomic E-state index is 13.0. The monoisotopic (exact) mass is 416 g/mol. The van der Waals surface area contributed by atoms with E-state index in [9.17, 15) is 4.79 Å². The summed E-state index contributed by atoms with van der Waals surface area (Å²) in [6.07, 6.45) is 1.14. The van der Waals surface area contributed by atoms with Crippen LogP contribution in [0.2, 0.25) is 0 Å². The molecule has 0 spiro atoms. The average Bonchev–Trinajstić information content (AvgIpc) is 2.84. The van der Waals surface area contributed by atoms with Gasteiger partial charge < -0.3 is 0 Å². The van der Waals surface area contributed by atoms with E-state index >= 15 is 0 Å². The van der Waals surface area contributed by atoms with Gasteiger partial charge in [0.25, 0.3) is 0 Å². The molecule has 2 aromatic heterocycles. The molecule has 32 heavy (non-hydrogen) atoms. The van der Waals surface area contributed by atoms with E-state index in [2.05, 4.69) is 42.5 Å². The molecule has 2 heterocycles. The van der Waals surface area contributed by atoms with Gasteiger partial charge in [0.15, 0.2) is 5.78 Å². The fourth-order valence-corrected chi connectivity index (χ4v) is 4.27. The second kappa shape index (κ2) is 8.72. The number of carbonyl (C=O) groups is 1. The Hall–Kier alpha value is -3.85. The first-order valence-corrected chi connectivity index (χ1v) is 11.0. The maximum Gasteiger partial charge on any atom is 0.163 e. The summed E-state index contributed by atoms with van der Waals surface area (Å²) in [6, 6.07) is 32.3. The Kier molecular flexibility index (Phi) is 5.47. The minimum atomic E-state index is 0.0542. The zero-order valence-electron chi connectivity index (χ0n) is 18.0. The number of carbonyl (C=O) groups excluding carboxylic acids is 1. The van der Waals surface area contributed by atoms with Gasteiger partial charge in [-0.2, -0.15) is 0 Å². The van der Waals surface area contributed by atoms with Gasteiger partial charge in [0, 0.05) is 34.1 Å². The second-order valence-electron chi connectivity index (χ2n) is 8.27. The summed E-state index contributed by atoms with van der Waals surface area (Å²) in [5.41, 5.74) is 5.72. The number of ketones is 1. The van der Waals surface area contributed by atoms with Gasteiger partial charge in [-0.15, -0.1) is 0 Å². The van der Waals surface area contributed by atoms with Crippen molar-refractivity contribution in [1.29, 1.82) is 0 Å². The summed E-state index contributed by atoms with van der Waals surface area (Å²) in [6.45, 7) is 2.00. The van der Waals surface area contributed by atoms with Crippen molar-refractivity contribution in [3.63, 3.8) is 0 Å². The van der Waals surface area contributed by atoms with E-state index in [4.69, 9.17) is 9.97 Å². The first kappa shape index (κ1) is 20.1. The standard InChI is InChI=1S/C29H24N2O/c1-20-12-13-23-14-15-24-16-17-26(31-29(24)28(23)30-20)18-25(21-8-4-2-5-9-21)19-27(32)22-10-6-3-7-11-22/h2-17,25H,18-19H2,1H3. The summed E-state index contributed by atoms with van der Waals surface area (Å²) in [5.74, 6) is 0.210. The highest BCUT2D eigenvalue weighted by atomic mass is 16.1. The van der Waals surface area contributed by atoms with Crippen molar-refractivity contribution in [2.45, 2.75) is 25.7 Å². The van der Waals surface area contributed by atoms with Gasteiger partial charge in [-0.1, -0.05) is 84.9 Å². The number of fused-ring (bicyclic) bond motifs is 3. The van der Waals surface area contributed by atoms with Gasteiger partial charge in [0.1, 0.15) is 0 Å². The molecule has 0 bridgehead atoms. The molecule has 0 radical (unpaired) electrons. The van der Waals surface area contributed by atoms with Gasteiger partial charge in [0.2, 0.25) is 0 Å². The van der Waals surface area contributed by atoms with Gasteiger partial charge in [-0.3, -0.25) is 14.8 Å². The second-order valence-corrected chi connectivity index (χ2v) is 8.27. The van der Waals surface area contributed by atoms with Crippen molar-refractivity contribution in [2.24, 2.45) is 0 Å². The number of aryl methyl sites for hydroxylation is 1. The smallest absolute Gasteiger partial charge is 0.163 e. The summed E-state index contributed by atoms with van der Waals surface area (Å²) in [4.78, 5) is 22.8.